The Hall–Kier alpha value is -2.19. The molecular weight excluding hydrogens is 366 g/mol. The van der Waals surface area contributed by atoms with Crippen molar-refractivity contribution in [2.75, 3.05) is 11.9 Å². The number of hydrogen-bond acceptors (Lipinski definition) is 6. The summed E-state index contributed by atoms with van der Waals surface area (Å²) in [7, 11) is 0. The number of carbonyl (C=O) groups excluding carboxylic acids is 3. The third-order valence-corrected chi connectivity index (χ3v) is 5.01. The number of amides is 1. The zero-order valence-electron chi connectivity index (χ0n) is 14.3. The van der Waals surface area contributed by atoms with E-state index in [2.05, 4.69) is 10.4 Å². The molecule has 0 aliphatic rings. The summed E-state index contributed by atoms with van der Waals surface area (Å²) < 4.78 is 6.57. The van der Waals surface area contributed by atoms with Crippen molar-refractivity contribution in [3.05, 3.63) is 32.9 Å². The second-order valence-corrected chi connectivity index (χ2v) is 6.60. The van der Waals surface area contributed by atoms with Gasteiger partial charge in [-0.3, -0.25) is 14.3 Å². The van der Waals surface area contributed by atoms with Crippen LogP contribution in [0.15, 0.2) is 6.20 Å². The average molecular weight is 384 g/mol. The van der Waals surface area contributed by atoms with Gasteiger partial charge in [0, 0.05) is 12.7 Å². The fraction of sp³-hybridized carbons (Fsp3) is 0.375. The summed E-state index contributed by atoms with van der Waals surface area (Å²) in [5.74, 6) is -1.34. The smallest absolute Gasteiger partial charge is 0.341 e. The lowest BCUT2D eigenvalue weighted by Crippen LogP contribution is -2.16. The molecule has 7 nitrogen and oxygen atoms in total. The van der Waals surface area contributed by atoms with E-state index in [0.29, 0.717) is 17.0 Å². The molecule has 0 saturated carbocycles. The molecular formula is C16H18ClN3O4S. The van der Waals surface area contributed by atoms with E-state index < -0.39 is 11.9 Å². The number of rotatable bonds is 6. The maximum Gasteiger partial charge on any atom is 0.341 e. The highest BCUT2D eigenvalue weighted by molar-refractivity contribution is 7.18. The lowest BCUT2D eigenvalue weighted by Gasteiger charge is -2.06. The molecule has 0 unspecified atom stereocenters. The summed E-state index contributed by atoms with van der Waals surface area (Å²) in [6.45, 7) is 7.34. The van der Waals surface area contributed by atoms with Gasteiger partial charge in [0.1, 0.15) is 5.00 Å². The maximum atomic E-state index is 12.5. The summed E-state index contributed by atoms with van der Waals surface area (Å²) in [6, 6.07) is 0. The van der Waals surface area contributed by atoms with Crippen molar-refractivity contribution in [2.45, 2.75) is 34.2 Å². The zero-order valence-corrected chi connectivity index (χ0v) is 15.9. The number of anilines is 1. The highest BCUT2D eigenvalue weighted by atomic mass is 35.5. The van der Waals surface area contributed by atoms with Crippen molar-refractivity contribution < 1.29 is 19.1 Å². The number of esters is 1. The molecule has 0 aromatic carbocycles. The van der Waals surface area contributed by atoms with Crippen LogP contribution < -0.4 is 5.32 Å². The molecule has 0 radical (unpaired) electrons. The lowest BCUT2D eigenvalue weighted by atomic mass is 10.1. The van der Waals surface area contributed by atoms with Crippen molar-refractivity contribution in [1.82, 2.24) is 9.78 Å². The number of thiophene rings is 1. The Morgan fingerprint density at radius 1 is 1.36 bits per heavy atom. The molecule has 134 valence electrons. The summed E-state index contributed by atoms with van der Waals surface area (Å²) >= 11 is 7.07. The molecule has 0 spiro atoms. The molecule has 2 rings (SSSR count). The summed E-state index contributed by atoms with van der Waals surface area (Å²) in [5, 5.41) is 7.17. The largest absolute Gasteiger partial charge is 0.462 e. The molecule has 0 atom stereocenters. The topological polar surface area (TPSA) is 90.3 Å². The fourth-order valence-corrected chi connectivity index (χ4v) is 3.58. The first kappa shape index (κ1) is 19.1. The molecule has 25 heavy (non-hydrogen) atoms. The van der Waals surface area contributed by atoms with Crippen LogP contribution in [0.3, 0.4) is 0 Å². The van der Waals surface area contributed by atoms with E-state index in [0.717, 1.165) is 11.3 Å². The van der Waals surface area contributed by atoms with Gasteiger partial charge in [-0.05, 0) is 33.3 Å². The second-order valence-electron chi connectivity index (χ2n) is 5.17. The van der Waals surface area contributed by atoms with Crippen LogP contribution in [0, 0.1) is 6.92 Å². The normalized spacial score (nSPS) is 10.6. The van der Waals surface area contributed by atoms with Gasteiger partial charge in [0.2, 0.25) is 0 Å². The quantitative estimate of drug-likeness (QED) is 0.608. The zero-order chi connectivity index (χ0) is 18.7. The monoisotopic (exact) mass is 383 g/mol. The Morgan fingerprint density at radius 2 is 2.04 bits per heavy atom. The van der Waals surface area contributed by atoms with Crippen LogP contribution in [-0.2, 0) is 11.3 Å². The first-order chi connectivity index (χ1) is 11.8. The van der Waals surface area contributed by atoms with Crippen molar-refractivity contribution in [1.29, 1.82) is 0 Å². The van der Waals surface area contributed by atoms with Gasteiger partial charge in [0.15, 0.2) is 11.5 Å². The molecule has 0 fully saturated rings. The van der Waals surface area contributed by atoms with Gasteiger partial charge in [-0.1, -0.05) is 11.6 Å². The van der Waals surface area contributed by atoms with Crippen molar-refractivity contribution >= 4 is 45.6 Å². The minimum Gasteiger partial charge on any atom is -0.462 e. The summed E-state index contributed by atoms with van der Waals surface area (Å²) in [6.07, 6.45) is 1.55. The first-order valence-electron chi connectivity index (χ1n) is 7.65. The average Bonchev–Trinajstić information content (AvgIpc) is 3.07. The predicted octanol–water partition coefficient (Wildman–Crippen LogP) is 3.56. The highest BCUT2D eigenvalue weighted by Gasteiger charge is 2.26. The van der Waals surface area contributed by atoms with E-state index in [-0.39, 0.29) is 33.7 Å². The molecule has 0 bridgehead atoms. The molecule has 0 saturated heterocycles. The summed E-state index contributed by atoms with van der Waals surface area (Å²) in [4.78, 5) is 36.9. The number of hydrogen-bond donors (Lipinski definition) is 1. The molecule has 0 aliphatic carbocycles. The molecule has 9 heteroatoms. The number of carbonyl (C=O) groups is 3. The van der Waals surface area contributed by atoms with Crippen molar-refractivity contribution in [2.24, 2.45) is 0 Å². The number of Topliss-reactive ketones (excluding diaryl/α,β-unsaturated/α-hetero) is 1. The van der Waals surface area contributed by atoms with E-state index >= 15 is 0 Å². The molecule has 2 aromatic heterocycles. The van der Waals surface area contributed by atoms with Crippen LogP contribution in [0.1, 0.15) is 56.9 Å². The molecule has 1 N–H and O–H groups in total. The number of ketones is 1. The van der Waals surface area contributed by atoms with E-state index in [1.807, 2.05) is 6.92 Å². The van der Waals surface area contributed by atoms with Crippen LogP contribution >= 0.6 is 22.9 Å². The number of nitrogens with one attached hydrogen (secondary N) is 1. The van der Waals surface area contributed by atoms with Crippen molar-refractivity contribution in [3.8, 4) is 0 Å². The van der Waals surface area contributed by atoms with E-state index in [1.54, 1.807) is 20.0 Å². The Bertz CT molecular complexity index is 841. The highest BCUT2D eigenvalue weighted by Crippen LogP contribution is 2.34. The predicted molar refractivity (Wildman–Crippen MR) is 95.9 cm³/mol. The van der Waals surface area contributed by atoms with Crippen LogP contribution in [0.25, 0.3) is 0 Å². The Kier molecular flexibility index (Phi) is 5.97. The van der Waals surface area contributed by atoms with E-state index in [1.165, 1.54) is 11.6 Å². The van der Waals surface area contributed by atoms with Gasteiger partial charge < -0.3 is 10.1 Å². The van der Waals surface area contributed by atoms with Gasteiger partial charge in [0.05, 0.1) is 22.1 Å². The summed E-state index contributed by atoms with van der Waals surface area (Å²) in [5.41, 5.74) is 0.710. The van der Waals surface area contributed by atoms with Crippen LogP contribution in [0.4, 0.5) is 5.00 Å². The van der Waals surface area contributed by atoms with Gasteiger partial charge in [-0.2, -0.15) is 5.10 Å². The first-order valence-corrected chi connectivity index (χ1v) is 8.85. The maximum absolute atomic E-state index is 12.5. The van der Waals surface area contributed by atoms with Gasteiger partial charge in [-0.25, -0.2) is 4.79 Å². The van der Waals surface area contributed by atoms with Crippen LogP contribution in [-0.4, -0.2) is 34.0 Å². The second kappa shape index (κ2) is 7.79. The molecule has 2 aromatic rings. The van der Waals surface area contributed by atoms with Gasteiger partial charge >= 0.3 is 5.97 Å². The molecule has 2 heterocycles. The molecule has 1 amide bonds. The van der Waals surface area contributed by atoms with Gasteiger partial charge in [0.25, 0.3) is 5.91 Å². The number of halogens is 1. The number of ether oxygens (including phenoxy) is 1. The SMILES string of the molecule is CCOC(=O)c1c(NC(=O)c2nn(CC)cc2Cl)sc(C(C)=O)c1C. The minimum absolute atomic E-state index is 0.0498. The van der Waals surface area contributed by atoms with Crippen LogP contribution in [0.2, 0.25) is 5.02 Å². The van der Waals surface area contributed by atoms with E-state index in [4.69, 9.17) is 16.3 Å². The fourth-order valence-electron chi connectivity index (χ4n) is 2.26. The third kappa shape index (κ3) is 3.91. The van der Waals surface area contributed by atoms with Crippen LogP contribution in [0.5, 0.6) is 0 Å². The Balaban J connectivity index is 2.42. The third-order valence-electron chi connectivity index (χ3n) is 3.43. The van der Waals surface area contributed by atoms with Crippen molar-refractivity contribution in [3.63, 3.8) is 0 Å². The minimum atomic E-state index is -0.593. The standard InChI is InChI=1S/C16H18ClN3O4S/c1-5-20-7-10(17)12(19-20)14(22)18-15-11(16(23)24-6-2)8(3)13(25-15)9(4)21/h7H,5-6H2,1-4H3,(H,18,22). The number of aromatic nitrogens is 2. The lowest BCUT2D eigenvalue weighted by molar-refractivity contribution is 0.0527. The Labute approximate surface area is 153 Å². The van der Waals surface area contributed by atoms with Gasteiger partial charge in [-0.15, -0.1) is 11.3 Å². The number of aryl methyl sites for hydroxylation is 1. The number of nitrogens with zero attached hydrogens (tertiary/aromatic N) is 2. The Morgan fingerprint density at radius 3 is 2.56 bits per heavy atom. The molecule has 0 aliphatic heterocycles. The van der Waals surface area contributed by atoms with E-state index in [9.17, 15) is 14.4 Å².